The molecular formula is C24H22N6O3. The van der Waals surface area contributed by atoms with Crippen LogP contribution in [0.3, 0.4) is 0 Å². The van der Waals surface area contributed by atoms with Gasteiger partial charge in [0, 0.05) is 11.8 Å². The maximum atomic E-state index is 10.1. The summed E-state index contributed by atoms with van der Waals surface area (Å²) in [5.74, 6) is 0.517. The Morgan fingerprint density at radius 1 is 1.03 bits per heavy atom. The number of hydrogen-bond acceptors (Lipinski definition) is 8. The van der Waals surface area contributed by atoms with Gasteiger partial charge in [0.2, 0.25) is 0 Å². The van der Waals surface area contributed by atoms with Crippen molar-refractivity contribution in [2.75, 3.05) is 17.7 Å². The summed E-state index contributed by atoms with van der Waals surface area (Å²) in [6.07, 6.45) is 1.56. The monoisotopic (exact) mass is 442 g/mol. The van der Waals surface area contributed by atoms with Crippen molar-refractivity contribution in [1.82, 2.24) is 19.5 Å². The summed E-state index contributed by atoms with van der Waals surface area (Å²) in [5.41, 5.74) is 8.83. The van der Waals surface area contributed by atoms with Crippen LogP contribution in [-0.4, -0.2) is 48.5 Å². The lowest BCUT2D eigenvalue weighted by Gasteiger charge is -2.15. The molecule has 0 unspecified atom stereocenters. The maximum absolute atomic E-state index is 10.1. The molecule has 1 fully saturated rings. The second-order valence-corrected chi connectivity index (χ2v) is 8.20. The molecule has 0 bridgehead atoms. The van der Waals surface area contributed by atoms with Crippen LogP contribution in [0.1, 0.15) is 12.6 Å². The van der Waals surface area contributed by atoms with Crippen LogP contribution in [0.25, 0.3) is 32.7 Å². The van der Waals surface area contributed by atoms with Crippen LogP contribution in [0.2, 0.25) is 0 Å². The zero-order valence-electron chi connectivity index (χ0n) is 17.6. The fraction of sp³-hybridized carbons (Fsp3) is 0.208. The number of anilines is 3. The summed E-state index contributed by atoms with van der Waals surface area (Å²) in [6.45, 7) is -0.249. The Hall–Kier alpha value is -3.79. The number of aliphatic hydroxyl groups excluding tert-OH is 2. The van der Waals surface area contributed by atoms with Crippen LogP contribution in [0, 0.1) is 0 Å². The summed E-state index contributed by atoms with van der Waals surface area (Å²) in [5, 5.41) is 27.2. The molecule has 1 aliphatic heterocycles. The zero-order valence-corrected chi connectivity index (χ0v) is 17.6. The number of nitrogens with zero attached hydrogens (tertiary/aromatic N) is 4. The van der Waals surface area contributed by atoms with E-state index >= 15 is 0 Å². The van der Waals surface area contributed by atoms with Crippen molar-refractivity contribution in [3.05, 3.63) is 61.2 Å². The van der Waals surface area contributed by atoms with Gasteiger partial charge in [-0.1, -0.05) is 42.5 Å². The molecule has 9 heteroatoms. The van der Waals surface area contributed by atoms with Gasteiger partial charge in [-0.05, 0) is 22.2 Å². The first-order valence-corrected chi connectivity index (χ1v) is 10.7. The van der Waals surface area contributed by atoms with Crippen molar-refractivity contribution in [2.45, 2.75) is 24.9 Å². The molecule has 6 rings (SSSR count). The minimum absolute atomic E-state index is 0.249. The second-order valence-electron chi connectivity index (χ2n) is 8.20. The number of benzene rings is 3. The number of aliphatic hydroxyl groups is 2. The van der Waals surface area contributed by atoms with Crippen LogP contribution >= 0.6 is 0 Å². The third-order valence-electron chi connectivity index (χ3n) is 6.25. The maximum Gasteiger partial charge on any atom is 0.167 e. The summed E-state index contributed by atoms with van der Waals surface area (Å²) in [7, 11) is 0. The molecule has 0 aliphatic carbocycles. The molecule has 9 nitrogen and oxygen atoms in total. The predicted octanol–water partition coefficient (Wildman–Crippen LogP) is 3.10. The van der Waals surface area contributed by atoms with E-state index < -0.39 is 18.4 Å². The van der Waals surface area contributed by atoms with Crippen molar-refractivity contribution in [3.8, 4) is 0 Å². The van der Waals surface area contributed by atoms with E-state index in [2.05, 4.69) is 44.5 Å². The number of aromatic nitrogens is 4. The first kappa shape index (κ1) is 19.9. The lowest BCUT2D eigenvalue weighted by Crippen LogP contribution is -2.24. The number of fused-ring (bicyclic) bond motifs is 4. The van der Waals surface area contributed by atoms with E-state index in [0.29, 0.717) is 29.1 Å². The summed E-state index contributed by atoms with van der Waals surface area (Å²) < 4.78 is 7.52. The minimum atomic E-state index is -0.748. The molecule has 1 saturated heterocycles. The highest BCUT2D eigenvalue weighted by Crippen LogP contribution is 2.37. The van der Waals surface area contributed by atoms with Crippen LogP contribution in [0.4, 0.5) is 17.2 Å². The first-order valence-electron chi connectivity index (χ1n) is 10.7. The summed E-state index contributed by atoms with van der Waals surface area (Å²) in [6, 6.07) is 16.3. The largest absolute Gasteiger partial charge is 0.397 e. The molecular weight excluding hydrogens is 420 g/mol. The number of hydrogen-bond donors (Lipinski definition) is 4. The lowest BCUT2D eigenvalue weighted by atomic mass is 10.00. The summed E-state index contributed by atoms with van der Waals surface area (Å²) >= 11 is 0. The number of ether oxygens (including phenoxy) is 1. The molecule has 3 aromatic carbocycles. The van der Waals surface area contributed by atoms with Gasteiger partial charge in [-0.2, -0.15) is 0 Å². The Kier molecular flexibility index (Phi) is 4.61. The molecule has 0 amide bonds. The fourth-order valence-electron chi connectivity index (χ4n) is 4.57. The molecule has 5 N–H and O–H groups in total. The standard InChI is InChI=1S/C24H22N6O3/c25-17-8-7-15-14-4-2-1-3-13(14)5-6-16(15)21(17)29-23-22-24(27-11-26-23)30(12-28-22)20-9-18(32)19(10-31)33-20/h1-8,11-12,18-20,31-32H,9-10,25H2,(H,26,27,29)/t18-,19+,20+/m0/s1. The molecule has 0 radical (unpaired) electrons. The molecule has 2 aromatic heterocycles. The highest BCUT2D eigenvalue weighted by atomic mass is 16.5. The average molecular weight is 442 g/mol. The van der Waals surface area contributed by atoms with Gasteiger partial charge in [0.15, 0.2) is 17.0 Å². The van der Waals surface area contributed by atoms with Crippen molar-refractivity contribution in [1.29, 1.82) is 0 Å². The third kappa shape index (κ3) is 3.17. The Bertz CT molecular complexity index is 1500. The van der Waals surface area contributed by atoms with Crippen molar-refractivity contribution < 1.29 is 14.9 Å². The smallest absolute Gasteiger partial charge is 0.167 e. The van der Waals surface area contributed by atoms with E-state index in [1.54, 1.807) is 10.9 Å². The molecule has 5 aromatic rings. The first-order chi connectivity index (χ1) is 16.1. The van der Waals surface area contributed by atoms with Crippen LogP contribution in [0.15, 0.2) is 61.2 Å². The number of nitrogen functional groups attached to an aromatic ring is 1. The highest BCUT2D eigenvalue weighted by Gasteiger charge is 2.35. The molecule has 3 atom stereocenters. The van der Waals surface area contributed by atoms with Gasteiger partial charge < -0.3 is 26.0 Å². The van der Waals surface area contributed by atoms with E-state index in [9.17, 15) is 10.2 Å². The molecule has 33 heavy (non-hydrogen) atoms. The second kappa shape index (κ2) is 7.66. The van der Waals surface area contributed by atoms with Gasteiger partial charge in [0.25, 0.3) is 0 Å². The lowest BCUT2D eigenvalue weighted by molar-refractivity contribution is -0.0432. The minimum Gasteiger partial charge on any atom is -0.397 e. The van der Waals surface area contributed by atoms with Gasteiger partial charge in [-0.15, -0.1) is 0 Å². The van der Waals surface area contributed by atoms with Crippen molar-refractivity contribution in [2.24, 2.45) is 0 Å². The Balaban J connectivity index is 1.43. The molecule has 166 valence electrons. The zero-order chi connectivity index (χ0) is 22.5. The highest BCUT2D eigenvalue weighted by molar-refractivity contribution is 6.14. The molecule has 3 heterocycles. The Labute approximate surface area is 188 Å². The van der Waals surface area contributed by atoms with E-state index in [-0.39, 0.29) is 6.61 Å². The van der Waals surface area contributed by atoms with E-state index in [4.69, 9.17) is 10.5 Å². The van der Waals surface area contributed by atoms with Gasteiger partial charge >= 0.3 is 0 Å². The van der Waals surface area contributed by atoms with Crippen molar-refractivity contribution in [3.63, 3.8) is 0 Å². The van der Waals surface area contributed by atoms with E-state index in [1.165, 1.54) is 6.33 Å². The molecule has 0 spiro atoms. The number of rotatable bonds is 4. The van der Waals surface area contributed by atoms with Gasteiger partial charge in [-0.3, -0.25) is 4.57 Å². The number of nitrogens with one attached hydrogen (secondary N) is 1. The van der Waals surface area contributed by atoms with Crippen molar-refractivity contribution >= 4 is 49.9 Å². The Morgan fingerprint density at radius 2 is 1.88 bits per heavy atom. The normalized spacial score (nSPS) is 20.7. The topological polar surface area (TPSA) is 131 Å². The number of imidazole rings is 1. The van der Waals surface area contributed by atoms with Gasteiger partial charge in [0.1, 0.15) is 18.7 Å². The Morgan fingerprint density at radius 3 is 2.73 bits per heavy atom. The van der Waals surface area contributed by atoms with Crippen LogP contribution < -0.4 is 11.1 Å². The van der Waals surface area contributed by atoms with Gasteiger partial charge in [-0.25, -0.2) is 15.0 Å². The summed E-state index contributed by atoms with van der Waals surface area (Å²) in [4.78, 5) is 13.3. The molecule has 0 saturated carbocycles. The van der Waals surface area contributed by atoms with Crippen LogP contribution in [0.5, 0.6) is 0 Å². The predicted molar refractivity (Wildman–Crippen MR) is 126 cm³/mol. The average Bonchev–Trinajstić information content (AvgIpc) is 3.44. The number of nitrogens with two attached hydrogens (primary N) is 1. The third-order valence-corrected chi connectivity index (χ3v) is 6.25. The quantitative estimate of drug-likeness (QED) is 0.247. The van der Waals surface area contributed by atoms with E-state index in [0.717, 1.165) is 27.2 Å². The molecule has 1 aliphatic rings. The fourth-order valence-corrected chi connectivity index (χ4v) is 4.57. The van der Waals surface area contributed by atoms with E-state index in [1.807, 2.05) is 24.3 Å². The van der Waals surface area contributed by atoms with Crippen LogP contribution in [-0.2, 0) is 4.74 Å². The SMILES string of the molecule is Nc1ccc2c(ccc3ccccc32)c1Nc1ncnc2c1ncn2[C@H]1C[C@H](O)[C@@H](CO)O1. The van der Waals surface area contributed by atoms with Gasteiger partial charge in [0.05, 0.1) is 30.4 Å².